The number of benzene rings is 1. The van der Waals surface area contributed by atoms with Gasteiger partial charge in [-0.2, -0.15) is 0 Å². The molecule has 0 fully saturated rings. The number of aliphatic hydroxyl groups is 1. The molecule has 2 atom stereocenters. The molecule has 4 rings (SSSR count). The molecule has 0 amide bonds. The molecule has 1 N–H and O–H groups in total. The fraction of sp³-hybridized carbons (Fsp3) is 0.406. The van der Waals surface area contributed by atoms with Crippen molar-refractivity contribution in [2.24, 2.45) is 0 Å². The van der Waals surface area contributed by atoms with Gasteiger partial charge in [0.05, 0.1) is 37.8 Å². The Morgan fingerprint density at radius 2 is 1.67 bits per heavy atom. The van der Waals surface area contributed by atoms with E-state index in [9.17, 15) is 5.11 Å². The summed E-state index contributed by atoms with van der Waals surface area (Å²) in [5.74, 6) is 2.05. The molecule has 0 bridgehead atoms. The number of anilines is 1. The van der Waals surface area contributed by atoms with E-state index in [2.05, 4.69) is 32.7 Å². The van der Waals surface area contributed by atoms with Gasteiger partial charge in [-0.3, -0.25) is 0 Å². The van der Waals surface area contributed by atoms with Crippen LogP contribution in [0, 0.1) is 0 Å². The van der Waals surface area contributed by atoms with Gasteiger partial charge in [0.15, 0.2) is 5.75 Å². The minimum atomic E-state index is -1.48. The van der Waals surface area contributed by atoms with E-state index < -0.39 is 11.5 Å². The molecule has 0 saturated carbocycles. The van der Waals surface area contributed by atoms with Crippen LogP contribution < -0.4 is 19.1 Å². The van der Waals surface area contributed by atoms with Crippen molar-refractivity contribution < 1.29 is 19.3 Å². The Kier molecular flexibility index (Phi) is 10.8. The molecule has 0 radical (unpaired) electrons. The lowest BCUT2D eigenvalue weighted by atomic mass is 9.71. The number of methoxy groups -OCH3 is 3. The van der Waals surface area contributed by atoms with E-state index in [1.54, 1.807) is 39.3 Å². The summed E-state index contributed by atoms with van der Waals surface area (Å²) in [6.07, 6.45) is 2.05. The van der Waals surface area contributed by atoms with Gasteiger partial charge in [-0.15, -0.1) is 11.8 Å². The lowest BCUT2D eigenvalue weighted by Crippen LogP contribution is -2.38. The Balaban J connectivity index is 2.15. The summed E-state index contributed by atoms with van der Waals surface area (Å²) >= 11 is 5.24. The Morgan fingerprint density at radius 3 is 2.30 bits per heavy atom. The van der Waals surface area contributed by atoms with Crippen LogP contribution in [0.3, 0.4) is 0 Å². The van der Waals surface area contributed by atoms with E-state index in [-0.39, 0.29) is 0 Å². The summed E-state index contributed by atoms with van der Waals surface area (Å²) in [7, 11) is 12.6. The molecule has 0 unspecified atom stereocenters. The van der Waals surface area contributed by atoms with Gasteiger partial charge < -0.3 is 29.1 Å². The highest BCUT2D eigenvalue weighted by Crippen LogP contribution is 2.51. The van der Waals surface area contributed by atoms with Gasteiger partial charge in [-0.1, -0.05) is 22.9 Å². The average Bonchev–Trinajstić information content (AvgIpc) is 2.99. The number of aromatic nitrogens is 3. The molecule has 0 aliphatic rings. The monoisotopic (exact) mass is 669 g/mol. The van der Waals surface area contributed by atoms with E-state index in [4.69, 9.17) is 24.2 Å². The second-order valence-corrected chi connectivity index (χ2v) is 12.9. The highest BCUT2D eigenvalue weighted by molar-refractivity contribution is 9.10. The highest BCUT2D eigenvalue weighted by atomic mass is 79.9. The number of rotatable bonds is 13. The minimum absolute atomic E-state index is 0.321. The van der Waals surface area contributed by atoms with Crippen LogP contribution in [0.25, 0.3) is 10.9 Å². The van der Waals surface area contributed by atoms with E-state index in [0.717, 1.165) is 37.5 Å². The predicted octanol–water partition coefficient (Wildman–Crippen LogP) is 5.96. The van der Waals surface area contributed by atoms with Crippen molar-refractivity contribution in [3.8, 4) is 17.5 Å². The fourth-order valence-electron chi connectivity index (χ4n) is 5.26. The van der Waals surface area contributed by atoms with Crippen LogP contribution in [-0.4, -0.2) is 86.8 Å². The van der Waals surface area contributed by atoms with Crippen molar-refractivity contribution in [1.82, 2.24) is 19.9 Å². The SMILES string of the molecule is CCSc1cc([C@](O)(CCN(C)C)[C@@H](c2cc3cc(Br)ccc3nc2OC)c2ccnc(OC)c2OC)cc(N(C)C)n1. The Hall–Kier alpha value is -3.12. The Labute approximate surface area is 266 Å². The Bertz CT molecular complexity index is 1570. The van der Waals surface area contributed by atoms with E-state index in [1.807, 2.05) is 75.6 Å². The summed E-state index contributed by atoms with van der Waals surface area (Å²) < 4.78 is 18.4. The van der Waals surface area contributed by atoms with Gasteiger partial charge in [0.25, 0.3) is 5.88 Å². The number of halogens is 1. The van der Waals surface area contributed by atoms with Gasteiger partial charge >= 0.3 is 0 Å². The number of pyridine rings is 3. The van der Waals surface area contributed by atoms with Crippen molar-refractivity contribution in [1.29, 1.82) is 0 Å². The predicted molar refractivity (Wildman–Crippen MR) is 177 cm³/mol. The largest absolute Gasteiger partial charge is 0.491 e. The van der Waals surface area contributed by atoms with Crippen molar-refractivity contribution in [3.05, 3.63) is 69.8 Å². The summed E-state index contributed by atoms with van der Waals surface area (Å²) in [6.45, 7) is 2.69. The second-order valence-electron chi connectivity index (χ2n) is 10.7. The first-order chi connectivity index (χ1) is 20.6. The van der Waals surface area contributed by atoms with E-state index >= 15 is 0 Å². The summed E-state index contributed by atoms with van der Waals surface area (Å²) in [4.78, 5) is 18.2. The molecule has 9 nitrogen and oxygen atoms in total. The molecule has 0 spiro atoms. The maximum Gasteiger partial charge on any atom is 0.257 e. The minimum Gasteiger partial charge on any atom is -0.491 e. The van der Waals surface area contributed by atoms with Gasteiger partial charge in [0.2, 0.25) is 5.88 Å². The molecule has 0 saturated heterocycles. The normalized spacial score (nSPS) is 13.6. The lowest BCUT2D eigenvalue weighted by Gasteiger charge is -2.39. The van der Waals surface area contributed by atoms with Crippen LogP contribution in [0.15, 0.2) is 58.2 Å². The standard InChI is InChI=1S/C32H40BrN5O4S/c1-9-43-27-19-21(18-26(36-27)38(4)5)32(39,13-15-37(2)3)28(23-12-14-34-31(42-8)29(23)40-6)24-17-20-16-22(33)10-11-25(20)35-30(24)41-7/h10-12,14,16-19,28,39H,9,13,15H2,1-8H3/t28-,32-/m1/s1. The Morgan fingerprint density at radius 1 is 0.930 bits per heavy atom. The van der Waals surface area contributed by atoms with Gasteiger partial charge in [0.1, 0.15) is 11.4 Å². The molecule has 43 heavy (non-hydrogen) atoms. The second kappa shape index (κ2) is 14.1. The summed E-state index contributed by atoms with van der Waals surface area (Å²) in [5, 5.41) is 15.1. The highest BCUT2D eigenvalue weighted by Gasteiger charge is 2.45. The smallest absolute Gasteiger partial charge is 0.257 e. The summed E-state index contributed by atoms with van der Waals surface area (Å²) in [6, 6.07) is 13.8. The molecule has 3 aromatic heterocycles. The third-order valence-corrected chi connectivity index (χ3v) is 8.63. The third kappa shape index (κ3) is 7.01. The molecule has 11 heteroatoms. The van der Waals surface area contributed by atoms with Crippen LogP contribution in [0.4, 0.5) is 5.82 Å². The van der Waals surface area contributed by atoms with Crippen LogP contribution in [-0.2, 0) is 5.60 Å². The zero-order chi connectivity index (χ0) is 31.3. The molecular formula is C32H40BrN5O4S. The van der Waals surface area contributed by atoms with Crippen LogP contribution in [0.5, 0.6) is 17.5 Å². The van der Waals surface area contributed by atoms with Crippen molar-refractivity contribution >= 4 is 44.4 Å². The van der Waals surface area contributed by atoms with Crippen LogP contribution in [0.1, 0.15) is 36.0 Å². The maximum atomic E-state index is 13.3. The molecule has 0 aliphatic carbocycles. The number of fused-ring (bicyclic) bond motifs is 1. The number of nitrogens with zero attached hydrogens (tertiary/aromatic N) is 5. The molecule has 0 aliphatic heterocycles. The maximum absolute atomic E-state index is 13.3. The van der Waals surface area contributed by atoms with Gasteiger partial charge in [-0.05, 0) is 74.3 Å². The zero-order valence-electron chi connectivity index (χ0n) is 26.0. The third-order valence-electron chi connectivity index (χ3n) is 7.34. The first-order valence-corrected chi connectivity index (χ1v) is 15.7. The first kappa shape index (κ1) is 32.8. The summed E-state index contributed by atoms with van der Waals surface area (Å²) in [5.41, 5.74) is 1.42. The molecule has 1 aromatic carbocycles. The topological polar surface area (TPSA) is 93.1 Å². The van der Waals surface area contributed by atoms with Crippen molar-refractivity contribution in [2.75, 3.05) is 66.7 Å². The van der Waals surface area contributed by atoms with Gasteiger partial charge in [0, 0.05) is 47.8 Å². The fourth-order valence-corrected chi connectivity index (χ4v) is 6.30. The molecular weight excluding hydrogens is 630 g/mol. The molecule has 4 aromatic rings. The van der Waals surface area contributed by atoms with E-state index in [0.29, 0.717) is 41.6 Å². The van der Waals surface area contributed by atoms with E-state index in [1.165, 1.54) is 0 Å². The van der Waals surface area contributed by atoms with Crippen LogP contribution in [0.2, 0.25) is 0 Å². The number of hydrogen-bond acceptors (Lipinski definition) is 10. The molecule has 230 valence electrons. The zero-order valence-corrected chi connectivity index (χ0v) is 28.4. The van der Waals surface area contributed by atoms with Crippen molar-refractivity contribution in [2.45, 2.75) is 29.9 Å². The first-order valence-electron chi connectivity index (χ1n) is 14.0. The average molecular weight is 671 g/mol. The number of thioether (sulfide) groups is 1. The molecule has 3 heterocycles. The van der Waals surface area contributed by atoms with Crippen LogP contribution >= 0.6 is 27.7 Å². The van der Waals surface area contributed by atoms with Crippen molar-refractivity contribution in [3.63, 3.8) is 0 Å². The number of hydrogen-bond donors (Lipinski definition) is 1. The van der Waals surface area contributed by atoms with Gasteiger partial charge in [-0.25, -0.2) is 15.0 Å². The quantitative estimate of drug-likeness (QED) is 0.172. The number of ether oxygens (including phenoxy) is 3. The lowest BCUT2D eigenvalue weighted by molar-refractivity contribution is 0.00287.